The first kappa shape index (κ1) is 16.3. The van der Waals surface area contributed by atoms with Gasteiger partial charge in [0.1, 0.15) is 6.54 Å². The van der Waals surface area contributed by atoms with Crippen molar-refractivity contribution in [3.8, 4) is 0 Å². The number of hydrogen-bond acceptors (Lipinski definition) is 4. The Morgan fingerprint density at radius 3 is 2.58 bits per heavy atom. The molecule has 1 saturated carbocycles. The zero-order chi connectivity index (χ0) is 16.5. The molecule has 1 aliphatic heterocycles. The lowest BCUT2D eigenvalue weighted by molar-refractivity contribution is -0.122. The van der Waals surface area contributed by atoms with Crippen LogP contribution in [-0.2, 0) is 24.2 Å². The molecule has 2 fully saturated rings. The summed E-state index contributed by atoms with van der Waals surface area (Å²) in [6.45, 7) is 2.40. The van der Waals surface area contributed by atoms with Crippen LogP contribution in [0.4, 0.5) is 0 Å². The predicted molar refractivity (Wildman–Crippen MR) is 95.6 cm³/mol. The molecule has 3 aliphatic rings. The highest BCUT2D eigenvalue weighted by Crippen LogP contribution is 2.29. The van der Waals surface area contributed by atoms with Crippen LogP contribution in [0.1, 0.15) is 55.5 Å². The lowest BCUT2D eigenvalue weighted by Crippen LogP contribution is -2.46. The molecule has 0 bridgehead atoms. The fraction of sp³-hybridized carbons (Fsp3) is 0.778. The number of aromatic nitrogens is 1. The quantitative estimate of drug-likeness (QED) is 0.845. The number of carbonyl (C=O) groups is 1. The normalized spacial score (nSPS) is 22.8. The second-order valence-corrected chi connectivity index (χ2v) is 8.54. The first-order valence-electron chi connectivity index (χ1n) is 9.45. The molecule has 132 valence electrons. The number of fused-ring (bicyclic) bond motifs is 1. The van der Waals surface area contributed by atoms with Crippen molar-refractivity contribution in [2.45, 2.75) is 76.4 Å². The Morgan fingerprint density at radius 1 is 1.08 bits per heavy atom. The van der Waals surface area contributed by atoms with Crippen LogP contribution in [-0.4, -0.2) is 40.5 Å². The van der Waals surface area contributed by atoms with Crippen LogP contribution in [0.5, 0.6) is 0 Å². The number of nitrogens with one attached hydrogen (secondary N) is 1. The number of nitrogens with zero attached hydrogens (tertiary/aromatic N) is 2. The number of piperidine rings is 1. The molecule has 1 aromatic heterocycles. The van der Waals surface area contributed by atoms with E-state index >= 15 is 0 Å². The molecule has 0 atom stereocenters. The van der Waals surface area contributed by atoms with Crippen molar-refractivity contribution >= 4 is 17.2 Å². The van der Waals surface area contributed by atoms with Crippen LogP contribution in [0.3, 0.4) is 0 Å². The maximum absolute atomic E-state index is 12.5. The number of likely N-dealkylation sites (tertiary alicyclic amines) is 1. The Balaban J connectivity index is 1.34. The zero-order valence-corrected chi connectivity index (χ0v) is 15.1. The van der Waals surface area contributed by atoms with Crippen molar-refractivity contribution in [1.82, 2.24) is 14.8 Å². The van der Waals surface area contributed by atoms with Crippen LogP contribution < -0.4 is 10.2 Å². The molecular weight excluding hydrogens is 322 g/mol. The van der Waals surface area contributed by atoms with Crippen molar-refractivity contribution in [3.05, 3.63) is 20.2 Å². The van der Waals surface area contributed by atoms with Gasteiger partial charge >= 0.3 is 4.87 Å². The summed E-state index contributed by atoms with van der Waals surface area (Å²) < 4.78 is 1.74. The molecule has 1 amide bonds. The molecule has 1 saturated heterocycles. The Labute approximate surface area is 147 Å². The van der Waals surface area contributed by atoms with Crippen LogP contribution in [0.15, 0.2) is 4.79 Å². The highest BCUT2D eigenvalue weighted by molar-refractivity contribution is 7.09. The summed E-state index contributed by atoms with van der Waals surface area (Å²) in [7, 11) is 0. The summed E-state index contributed by atoms with van der Waals surface area (Å²) in [6.07, 6.45) is 10.2. The Bertz CT molecular complexity index is 654. The van der Waals surface area contributed by atoms with E-state index in [1.807, 2.05) is 0 Å². The van der Waals surface area contributed by atoms with Gasteiger partial charge in [-0.05, 0) is 51.4 Å². The van der Waals surface area contributed by atoms with Gasteiger partial charge in [-0.2, -0.15) is 0 Å². The molecule has 24 heavy (non-hydrogen) atoms. The monoisotopic (exact) mass is 349 g/mol. The second kappa shape index (κ2) is 7.00. The van der Waals surface area contributed by atoms with Gasteiger partial charge in [-0.1, -0.05) is 17.8 Å². The van der Waals surface area contributed by atoms with Crippen molar-refractivity contribution in [2.75, 3.05) is 13.1 Å². The fourth-order valence-corrected chi connectivity index (χ4v) is 5.20. The summed E-state index contributed by atoms with van der Waals surface area (Å²) in [5, 5.41) is 3.17. The third kappa shape index (κ3) is 3.59. The van der Waals surface area contributed by atoms with Crippen molar-refractivity contribution in [3.63, 3.8) is 0 Å². The van der Waals surface area contributed by atoms with Gasteiger partial charge in [-0.3, -0.25) is 14.2 Å². The average Bonchev–Trinajstić information content (AvgIpc) is 3.38. The minimum absolute atomic E-state index is 0.00631. The predicted octanol–water partition coefficient (Wildman–Crippen LogP) is 1.92. The lowest BCUT2D eigenvalue weighted by atomic mass is 10.0. The highest BCUT2D eigenvalue weighted by Gasteiger charge is 2.32. The van der Waals surface area contributed by atoms with Gasteiger partial charge in [0.05, 0.1) is 0 Å². The summed E-state index contributed by atoms with van der Waals surface area (Å²) in [6, 6.07) is 1.10. The van der Waals surface area contributed by atoms with E-state index in [-0.39, 0.29) is 23.4 Å². The number of amides is 1. The maximum Gasteiger partial charge on any atom is 0.308 e. The molecule has 0 radical (unpaired) electrons. The Kier molecular flexibility index (Phi) is 4.77. The first-order valence-corrected chi connectivity index (χ1v) is 10.3. The van der Waals surface area contributed by atoms with Crippen LogP contribution in [0.2, 0.25) is 0 Å². The van der Waals surface area contributed by atoms with Crippen molar-refractivity contribution in [1.29, 1.82) is 0 Å². The summed E-state index contributed by atoms with van der Waals surface area (Å²) >= 11 is 1.35. The minimum Gasteiger partial charge on any atom is -0.352 e. The molecule has 2 aliphatic carbocycles. The zero-order valence-electron chi connectivity index (χ0n) is 14.3. The van der Waals surface area contributed by atoms with E-state index in [0.717, 1.165) is 56.9 Å². The molecule has 2 heterocycles. The van der Waals surface area contributed by atoms with Crippen molar-refractivity contribution < 1.29 is 4.79 Å². The average molecular weight is 350 g/mol. The number of hydrogen-bond donors (Lipinski definition) is 1. The summed E-state index contributed by atoms with van der Waals surface area (Å²) in [5.74, 6) is 0.00631. The second-order valence-electron chi connectivity index (χ2n) is 7.49. The Hall–Kier alpha value is -1.14. The molecular formula is C18H27N3O2S. The van der Waals surface area contributed by atoms with Gasteiger partial charge in [-0.25, -0.2) is 0 Å². The molecule has 0 unspecified atom stereocenters. The standard InChI is InChI=1S/C18H27N3O2S/c22-17(19-13-8-10-20(11-9-13)14-6-7-14)12-21-15-4-2-1-3-5-16(15)24-18(21)23/h13-14H,1-12H2,(H,19,22). The van der Waals surface area contributed by atoms with E-state index in [1.165, 1.54) is 41.9 Å². The molecule has 6 heteroatoms. The van der Waals surface area contributed by atoms with E-state index in [4.69, 9.17) is 0 Å². The largest absolute Gasteiger partial charge is 0.352 e. The molecule has 0 spiro atoms. The van der Waals surface area contributed by atoms with Gasteiger partial charge in [0.2, 0.25) is 5.91 Å². The van der Waals surface area contributed by atoms with Gasteiger partial charge in [-0.15, -0.1) is 0 Å². The van der Waals surface area contributed by atoms with Crippen LogP contribution in [0.25, 0.3) is 0 Å². The number of aryl methyl sites for hydroxylation is 1. The highest BCUT2D eigenvalue weighted by atomic mass is 32.1. The summed E-state index contributed by atoms with van der Waals surface area (Å²) in [5.41, 5.74) is 1.13. The third-order valence-corrected chi connectivity index (χ3v) is 6.74. The smallest absolute Gasteiger partial charge is 0.308 e. The Morgan fingerprint density at radius 2 is 1.83 bits per heavy atom. The molecule has 0 aromatic carbocycles. The van der Waals surface area contributed by atoms with E-state index in [0.29, 0.717) is 0 Å². The fourth-order valence-electron chi connectivity index (χ4n) is 4.13. The van der Waals surface area contributed by atoms with E-state index in [1.54, 1.807) is 4.57 Å². The lowest BCUT2D eigenvalue weighted by Gasteiger charge is -2.32. The SMILES string of the molecule is O=C(Cn1c2c(sc1=O)CCCCC2)NC1CCN(C2CC2)CC1. The topological polar surface area (TPSA) is 54.3 Å². The maximum atomic E-state index is 12.5. The molecule has 5 nitrogen and oxygen atoms in total. The first-order chi connectivity index (χ1) is 11.7. The van der Waals surface area contributed by atoms with E-state index in [9.17, 15) is 9.59 Å². The van der Waals surface area contributed by atoms with E-state index < -0.39 is 0 Å². The number of carbonyl (C=O) groups excluding carboxylic acids is 1. The summed E-state index contributed by atoms with van der Waals surface area (Å²) in [4.78, 5) is 28.5. The van der Waals surface area contributed by atoms with Gasteiger partial charge in [0.15, 0.2) is 0 Å². The minimum atomic E-state index is 0.00631. The van der Waals surface area contributed by atoms with E-state index in [2.05, 4.69) is 10.2 Å². The number of rotatable bonds is 4. The molecule has 1 aromatic rings. The molecule has 4 rings (SSSR count). The van der Waals surface area contributed by atoms with Crippen molar-refractivity contribution in [2.24, 2.45) is 0 Å². The third-order valence-electron chi connectivity index (χ3n) is 5.66. The van der Waals surface area contributed by atoms with Crippen LogP contribution >= 0.6 is 11.3 Å². The van der Waals surface area contributed by atoms with Gasteiger partial charge in [0, 0.05) is 35.7 Å². The molecule has 1 N–H and O–H groups in total. The van der Waals surface area contributed by atoms with Crippen LogP contribution in [0, 0.1) is 0 Å². The number of thiazole rings is 1. The van der Waals surface area contributed by atoms with Gasteiger partial charge in [0.25, 0.3) is 0 Å². The van der Waals surface area contributed by atoms with Gasteiger partial charge < -0.3 is 10.2 Å².